The smallest absolute Gasteiger partial charge is 0.277 e. The van der Waals surface area contributed by atoms with E-state index in [1.165, 1.54) is 16.8 Å². The summed E-state index contributed by atoms with van der Waals surface area (Å²) >= 11 is 5.46. The van der Waals surface area contributed by atoms with Gasteiger partial charge in [-0.1, -0.05) is 24.3 Å². The van der Waals surface area contributed by atoms with Gasteiger partial charge < -0.3 is 19.7 Å². The van der Waals surface area contributed by atoms with Gasteiger partial charge in [-0.25, -0.2) is 0 Å². The average molecular weight is 451 g/mol. The first-order valence-corrected chi connectivity index (χ1v) is 11.2. The minimum Gasteiger partial charge on any atom is -0.454 e. The molecule has 2 saturated heterocycles. The summed E-state index contributed by atoms with van der Waals surface area (Å²) in [4.78, 5) is 19.4. The van der Waals surface area contributed by atoms with Gasteiger partial charge in [-0.2, -0.15) is 0 Å². The molecule has 0 spiro atoms. The lowest BCUT2D eigenvalue weighted by Gasteiger charge is -2.38. The van der Waals surface area contributed by atoms with Crippen LogP contribution in [0, 0.1) is 13.8 Å². The number of amides is 1. The Hall–Kier alpha value is -3.10. The van der Waals surface area contributed by atoms with Crippen molar-refractivity contribution in [1.82, 2.24) is 15.1 Å². The molecule has 0 saturated carbocycles. The van der Waals surface area contributed by atoms with Crippen molar-refractivity contribution in [3.8, 4) is 11.5 Å². The molecule has 1 amide bonds. The fourth-order valence-electron chi connectivity index (χ4n) is 4.49. The molecule has 3 aliphatic heterocycles. The van der Waals surface area contributed by atoms with E-state index in [1.807, 2.05) is 18.2 Å². The molecular weight excluding hydrogens is 424 g/mol. The van der Waals surface area contributed by atoms with Crippen LogP contribution in [0.15, 0.2) is 42.1 Å². The number of carbonyl (C=O) groups excluding carboxylic acids is 1. The molecule has 5 rings (SSSR count). The number of benzene rings is 2. The van der Waals surface area contributed by atoms with Crippen molar-refractivity contribution in [1.29, 1.82) is 0 Å². The van der Waals surface area contributed by atoms with Gasteiger partial charge in [-0.15, -0.1) is 0 Å². The van der Waals surface area contributed by atoms with E-state index in [4.69, 9.17) is 21.7 Å². The Kier molecular flexibility index (Phi) is 5.48. The van der Waals surface area contributed by atoms with E-state index in [-0.39, 0.29) is 12.7 Å². The van der Waals surface area contributed by atoms with Crippen molar-refractivity contribution in [2.24, 2.45) is 0 Å². The van der Waals surface area contributed by atoms with E-state index in [0.717, 1.165) is 37.5 Å². The molecule has 166 valence electrons. The summed E-state index contributed by atoms with van der Waals surface area (Å²) in [5, 5.41) is 3.51. The second-order valence-corrected chi connectivity index (χ2v) is 8.71. The quantitative estimate of drug-likeness (QED) is 0.568. The number of fused-ring (bicyclic) bond motifs is 1. The highest BCUT2D eigenvalue weighted by molar-refractivity contribution is 7.80. The summed E-state index contributed by atoms with van der Waals surface area (Å²) in [6.45, 7) is 8.64. The number of hydrogen-bond acceptors (Lipinski definition) is 6. The molecule has 0 atom stereocenters. The number of rotatable bonds is 4. The van der Waals surface area contributed by atoms with Crippen molar-refractivity contribution in [2.45, 2.75) is 13.8 Å². The molecule has 0 radical (unpaired) electrons. The summed E-state index contributed by atoms with van der Waals surface area (Å²) in [7, 11) is 0. The molecule has 0 bridgehead atoms. The van der Waals surface area contributed by atoms with Crippen LogP contribution in [0.4, 0.5) is 5.69 Å². The van der Waals surface area contributed by atoms with Crippen molar-refractivity contribution >= 4 is 35.0 Å². The lowest BCUT2D eigenvalue weighted by atomic mass is 10.1. The van der Waals surface area contributed by atoms with E-state index < -0.39 is 0 Å². The minimum atomic E-state index is -0.107. The Morgan fingerprint density at radius 3 is 2.50 bits per heavy atom. The number of ether oxygens (including phenoxy) is 2. The van der Waals surface area contributed by atoms with Crippen molar-refractivity contribution in [3.63, 3.8) is 0 Å². The Bertz CT molecular complexity index is 1090. The summed E-state index contributed by atoms with van der Waals surface area (Å²) in [5.41, 5.74) is 5.27. The van der Waals surface area contributed by atoms with Gasteiger partial charge in [0, 0.05) is 31.9 Å². The maximum absolute atomic E-state index is 13.0. The number of piperazine rings is 1. The van der Waals surface area contributed by atoms with Gasteiger partial charge in [0.2, 0.25) is 6.79 Å². The largest absolute Gasteiger partial charge is 0.454 e. The maximum atomic E-state index is 13.0. The molecule has 8 heteroatoms. The third kappa shape index (κ3) is 3.91. The molecule has 32 heavy (non-hydrogen) atoms. The number of anilines is 1. The zero-order valence-corrected chi connectivity index (χ0v) is 19.1. The van der Waals surface area contributed by atoms with Crippen molar-refractivity contribution in [3.05, 3.63) is 58.8 Å². The van der Waals surface area contributed by atoms with Crippen LogP contribution in [0.3, 0.4) is 0 Å². The molecule has 2 aromatic rings. The monoisotopic (exact) mass is 450 g/mol. The van der Waals surface area contributed by atoms with Crippen LogP contribution in [-0.4, -0.2) is 60.5 Å². The zero-order valence-electron chi connectivity index (χ0n) is 18.3. The third-order valence-electron chi connectivity index (χ3n) is 6.14. The molecule has 7 nitrogen and oxygen atoms in total. The highest BCUT2D eigenvalue weighted by Gasteiger charge is 2.33. The Balaban J connectivity index is 1.23. The minimum absolute atomic E-state index is 0.107. The van der Waals surface area contributed by atoms with Crippen LogP contribution in [0.5, 0.6) is 11.5 Å². The van der Waals surface area contributed by atoms with Crippen molar-refractivity contribution in [2.75, 3.05) is 44.5 Å². The van der Waals surface area contributed by atoms with Crippen LogP contribution < -0.4 is 19.7 Å². The average Bonchev–Trinajstić information content (AvgIpc) is 3.34. The fourth-order valence-corrected chi connectivity index (χ4v) is 4.74. The molecule has 0 aromatic heterocycles. The molecule has 0 unspecified atom stereocenters. The molecule has 3 heterocycles. The lowest BCUT2D eigenvalue weighted by Crippen LogP contribution is -2.51. The van der Waals surface area contributed by atoms with Crippen LogP contribution in [0.25, 0.3) is 6.08 Å². The normalized spacial score (nSPS) is 19.8. The fraction of sp³-hybridized carbons (Fsp3) is 0.333. The van der Waals surface area contributed by atoms with Gasteiger partial charge in [0.15, 0.2) is 16.6 Å². The topological polar surface area (TPSA) is 57.3 Å². The summed E-state index contributed by atoms with van der Waals surface area (Å²) in [6.07, 6.45) is 1.80. The molecule has 2 fully saturated rings. The van der Waals surface area contributed by atoms with Crippen molar-refractivity contribution < 1.29 is 14.3 Å². The Morgan fingerprint density at radius 2 is 1.75 bits per heavy atom. The van der Waals surface area contributed by atoms with Crippen LogP contribution in [0.2, 0.25) is 0 Å². The molecular formula is C24H26N4O3S. The standard InChI is InChI=1S/C24H26N4O3S/c1-16-4-3-5-17(2)22(16)27-10-8-26(9-11-27)14-28-23(29)19(25-24(28)32)12-18-6-7-20-21(13-18)31-15-30-20/h3-7,12-13H,8-11,14-15H2,1-2H3,(H,25,32)/b19-12+. The van der Waals surface area contributed by atoms with E-state index >= 15 is 0 Å². The van der Waals surface area contributed by atoms with Gasteiger partial charge in [0.25, 0.3) is 5.91 Å². The Labute approximate surface area is 193 Å². The number of para-hydroxylation sites is 1. The second-order valence-electron chi connectivity index (χ2n) is 8.32. The summed E-state index contributed by atoms with van der Waals surface area (Å²) in [5.74, 6) is 1.30. The SMILES string of the molecule is Cc1cccc(C)c1N1CCN(CN2C(=O)/C(=C\c3ccc4c(c3)OCO4)NC2=S)CC1. The van der Waals surface area contributed by atoms with Gasteiger partial charge in [0.05, 0.1) is 6.67 Å². The molecule has 1 N–H and O–H groups in total. The van der Waals surface area contributed by atoms with E-state index in [2.05, 4.69) is 47.2 Å². The number of nitrogens with one attached hydrogen (secondary N) is 1. The Morgan fingerprint density at radius 1 is 1.03 bits per heavy atom. The first-order chi connectivity index (χ1) is 15.5. The summed E-state index contributed by atoms with van der Waals surface area (Å²) in [6, 6.07) is 12.0. The predicted molar refractivity (Wildman–Crippen MR) is 128 cm³/mol. The zero-order chi connectivity index (χ0) is 22.2. The third-order valence-corrected chi connectivity index (χ3v) is 6.46. The van der Waals surface area contributed by atoms with Gasteiger partial charge in [-0.05, 0) is 61.0 Å². The molecule has 2 aromatic carbocycles. The first-order valence-electron chi connectivity index (χ1n) is 10.8. The van der Waals surface area contributed by atoms with Gasteiger partial charge in [0.1, 0.15) is 5.70 Å². The van der Waals surface area contributed by atoms with E-state index in [1.54, 1.807) is 11.0 Å². The first kappa shape index (κ1) is 20.8. The van der Waals surface area contributed by atoms with Crippen LogP contribution in [-0.2, 0) is 4.79 Å². The summed E-state index contributed by atoms with van der Waals surface area (Å²) < 4.78 is 10.8. The molecule has 3 aliphatic rings. The highest BCUT2D eigenvalue weighted by atomic mass is 32.1. The number of carbonyl (C=O) groups is 1. The maximum Gasteiger partial charge on any atom is 0.277 e. The predicted octanol–water partition coefficient (Wildman–Crippen LogP) is 2.87. The van der Waals surface area contributed by atoms with Gasteiger partial charge in [-0.3, -0.25) is 14.6 Å². The number of nitrogens with zero attached hydrogens (tertiary/aromatic N) is 3. The number of thiocarbonyl (C=S) groups is 1. The lowest BCUT2D eigenvalue weighted by molar-refractivity contribution is -0.123. The molecule has 0 aliphatic carbocycles. The number of aryl methyl sites for hydroxylation is 2. The van der Waals surface area contributed by atoms with Crippen LogP contribution in [0.1, 0.15) is 16.7 Å². The van der Waals surface area contributed by atoms with E-state index in [0.29, 0.717) is 23.2 Å². The second kappa shape index (κ2) is 8.44. The van der Waals surface area contributed by atoms with Gasteiger partial charge >= 0.3 is 0 Å². The highest BCUT2D eigenvalue weighted by Crippen LogP contribution is 2.33. The number of hydrogen-bond donors (Lipinski definition) is 1. The van der Waals surface area contributed by atoms with E-state index in [9.17, 15) is 4.79 Å². The van der Waals surface area contributed by atoms with Crippen LogP contribution >= 0.6 is 12.2 Å².